The van der Waals surface area contributed by atoms with Crippen LogP contribution in [-0.4, -0.2) is 19.7 Å². The van der Waals surface area contributed by atoms with E-state index in [4.69, 9.17) is 5.73 Å². The monoisotopic (exact) mass is 242 g/mol. The number of alkyl halides is 2. The van der Waals surface area contributed by atoms with Crippen LogP contribution in [-0.2, 0) is 0 Å². The Labute approximate surface area is 97.7 Å². The van der Waals surface area contributed by atoms with E-state index in [2.05, 4.69) is 4.99 Å². The second kappa shape index (κ2) is 5.52. The quantitative estimate of drug-likeness (QED) is 0.813. The number of nitrogens with zero attached hydrogens (tertiary/aromatic N) is 1. The van der Waals surface area contributed by atoms with Gasteiger partial charge in [0.1, 0.15) is 5.82 Å². The number of benzene rings is 1. The molecule has 2 N–H and O–H groups in total. The number of rotatable bonds is 3. The molecule has 0 spiro atoms. The van der Waals surface area contributed by atoms with Crippen molar-refractivity contribution in [2.24, 2.45) is 10.7 Å². The molecule has 0 bridgehead atoms. The number of allylic oxidation sites excluding steroid dienone is 2. The normalized spacial score (nSPS) is 13.3. The Hall–Kier alpha value is -1.78. The molecule has 0 saturated carbocycles. The van der Waals surface area contributed by atoms with E-state index in [9.17, 15) is 13.2 Å². The van der Waals surface area contributed by atoms with E-state index in [0.29, 0.717) is 5.56 Å². The molecule has 0 aliphatic rings. The molecule has 0 aliphatic heterocycles. The highest BCUT2D eigenvalue weighted by Gasteiger charge is 2.14. The fraction of sp³-hybridized carbons (Fsp3) is 0.250. The molecular formula is C12H13F3N2. The second-order valence-corrected chi connectivity index (χ2v) is 3.52. The number of nitrogens with two attached hydrogens (primary N) is 1. The van der Waals surface area contributed by atoms with Crippen molar-refractivity contribution in [3.05, 3.63) is 40.8 Å². The molecule has 1 aromatic rings. The minimum atomic E-state index is -2.80. The molecule has 92 valence electrons. The van der Waals surface area contributed by atoms with Crippen LogP contribution in [0.15, 0.2) is 28.9 Å². The molecule has 0 aromatic heterocycles. The molecule has 0 saturated heterocycles. The molecule has 0 heterocycles. The fourth-order valence-corrected chi connectivity index (χ4v) is 1.32. The average Bonchev–Trinajstić information content (AvgIpc) is 2.29. The summed E-state index contributed by atoms with van der Waals surface area (Å²) in [7, 11) is 1.43. The number of aliphatic imine (C=N–C) groups is 1. The lowest BCUT2D eigenvalue weighted by Gasteiger charge is -2.08. The first-order valence-corrected chi connectivity index (χ1v) is 4.93. The van der Waals surface area contributed by atoms with Crippen LogP contribution in [0.1, 0.15) is 11.1 Å². The number of halogens is 3. The van der Waals surface area contributed by atoms with Gasteiger partial charge in [0, 0.05) is 18.8 Å². The average molecular weight is 242 g/mol. The third kappa shape index (κ3) is 3.09. The number of hydrogen-bond donors (Lipinski definition) is 1. The van der Waals surface area contributed by atoms with E-state index in [1.807, 2.05) is 0 Å². The van der Waals surface area contributed by atoms with Gasteiger partial charge < -0.3 is 5.73 Å². The summed E-state index contributed by atoms with van der Waals surface area (Å²) in [6.07, 6.45) is -1.60. The zero-order chi connectivity index (χ0) is 13.0. The highest BCUT2D eigenvalue weighted by Crippen LogP contribution is 2.20. The third-order valence-electron chi connectivity index (χ3n) is 2.29. The van der Waals surface area contributed by atoms with Crippen LogP contribution in [0.4, 0.5) is 13.2 Å². The molecule has 1 rings (SSSR count). The molecule has 0 amide bonds. The van der Waals surface area contributed by atoms with Gasteiger partial charge in [-0.3, -0.25) is 4.99 Å². The molecular weight excluding hydrogens is 229 g/mol. The maximum atomic E-state index is 13.3. The lowest BCUT2D eigenvalue weighted by Crippen LogP contribution is -2.12. The summed E-state index contributed by atoms with van der Waals surface area (Å²) in [5.41, 5.74) is 5.44. The summed E-state index contributed by atoms with van der Waals surface area (Å²) < 4.78 is 38.4. The van der Waals surface area contributed by atoms with E-state index >= 15 is 0 Å². The van der Waals surface area contributed by atoms with Crippen molar-refractivity contribution in [2.75, 3.05) is 7.05 Å². The Morgan fingerprint density at radius 3 is 2.53 bits per heavy atom. The smallest absolute Gasteiger partial charge is 0.278 e. The minimum Gasteiger partial charge on any atom is -0.397 e. The minimum absolute atomic E-state index is 0.0430. The van der Waals surface area contributed by atoms with E-state index in [-0.39, 0.29) is 11.1 Å². The predicted molar refractivity (Wildman–Crippen MR) is 62.7 cm³/mol. The number of hydrogen-bond acceptors (Lipinski definition) is 2. The van der Waals surface area contributed by atoms with Gasteiger partial charge in [0.2, 0.25) is 0 Å². The van der Waals surface area contributed by atoms with Crippen molar-refractivity contribution in [3.8, 4) is 0 Å². The maximum Gasteiger partial charge on any atom is 0.278 e. The van der Waals surface area contributed by atoms with Crippen LogP contribution >= 0.6 is 0 Å². The lowest BCUT2D eigenvalue weighted by atomic mass is 10.0. The van der Waals surface area contributed by atoms with Gasteiger partial charge in [-0.05, 0) is 24.1 Å². The zero-order valence-electron chi connectivity index (χ0n) is 9.55. The zero-order valence-corrected chi connectivity index (χ0v) is 9.55. The first-order valence-electron chi connectivity index (χ1n) is 4.93. The van der Waals surface area contributed by atoms with Crippen LogP contribution < -0.4 is 5.73 Å². The van der Waals surface area contributed by atoms with Gasteiger partial charge >= 0.3 is 0 Å². The van der Waals surface area contributed by atoms with Crippen molar-refractivity contribution in [1.82, 2.24) is 0 Å². The second-order valence-electron chi connectivity index (χ2n) is 3.52. The van der Waals surface area contributed by atoms with Gasteiger partial charge in [-0.15, -0.1) is 0 Å². The van der Waals surface area contributed by atoms with Crippen LogP contribution in [0.2, 0.25) is 0 Å². The molecule has 5 heteroatoms. The van der Waals surface area contributed by atoms with E-state index in [1.165, 1.54) is 31.5 Å². The Kier molecular flexibility index (Phi) is 4.31. The summed E-state index contributed by atoms with van der Waals surface area (Å²) in [4.78, 5) is 3.65. The van der Waals surface area contributed by atoms with Gasteiger partial charge in [0.05, 0.1) is 5.70 Å². The largest absolute Gasteiger partial charge is 0.397 e. The molecule has 17 heavy (non-hydrogen) atoms. The van der Waals surface area contributed by atoms with Gasteiger partial charge in [0.15, 0.2) is 0 Å². The van der Waals surface area contributed by atoms with Gasteiger partial charge in [-0.25, -0.2) is 13.2 Å². The molecule has 0 aliphatic carbocycles. The Morgan fingerprint density at radius 1 is 1.41 bits per heavy atom. The molecule has 1 aromatic carbocycles. The van der Waals surface area contributed by atoms with Crippen molar-refractivity contribution in [3.63, 3.8) is 0 Å². The Morgan fingerprint density at radius 2 is 2.06 bits per heavy atom. The van der Waals surface area contributed by atoms with Gasteiger partial charge in [-0.2, -0.15) is 0 Å². The van der Waals surface area contributed by atoms with Crippen LogP contribution in [0.5, 0.6) is 0 Å². The van der Waals surface area contributed by atoms with Gasteiger partial charge in [0.25, 0.3) is 6.43 Å². The molecule has 0 atom stereocenters. The number of aryl methyl sites for hydroxylation is 1. The third-order valence-corrected chi connectivity index (χ3v) is 2.29. The van der Waals surface area contributed by atoms with E-state index in [0.717, 1.165) is 0 Å². The highest BCUT2D eigenvalue weighted by atomic mass is 19.3. The van der Waals surface area contributed by atoms with E-state index < -0.39 is 17.9 Å². The fourth-order valence-electron chi connectivity index (χ4n) is 1.32. The predicted octanol–water partition coefficient (Wildman–Crippen LogP) is 2.77. The SMILES string of the molecule is CN=CC(=C(N)C(F)F)c1ccc(C)c(F)c1. The van der Waals surface area contributed by atoms with Crippen LogP contribution in [0.25, 0.3) is 5.57 Å². The van der Waals surface area contributed by atoms with Crippen molar-refractivity contribution >= 4 is 11.8 Å². The lowest BCUT2D eigenvalue weighted by molar-refractivity contribution is 0.189. The molecule has 0 unspecified atom stereocenters. The van der Waals surface area contributed by atoms with Crippen molar-refractivity contribution in [1.29, 1.82) is 0 Å². The van der Waals surface area contributed by atoms with Crippen LogP contribution in [0, 0.1) is 12.7 Å². The van der Waals surface area contributed by atoms with Crippen molar-refractivity contribution < 1.29 is 13.2 Å². The summed E-state index contributed by atoms with van der Waals surface area (Å²) in [5.74, 6) is -0.466. The summed E-state index contributed by atoms with van der Waals surface area (Å²) in [6, 6.07) is 4.21. The van der Waals surface area contributed by atoms with Crippen molar-refractivity contribution in [2.45, 2.75) is 13.3 Å². The van der Waals surface area contributed by atoms with E-state index in [1.54, 1.807) is 6.92 Å². The standard InChI is InChI=1S/C12H13F3N2/c1-7-3-4-8(5-10(7)13)9(6-17-2)11(16)12(14)15/h3-6,12H,16H2,1-2H3. The summed E-state index contributed by atoms with van der Waals surface area (Å²) in [6.45, 7) is 1.59. The van der Waals surface area contributed by atoms with Gasteiger partial charge in [-0.1, -0.05) is 12.1 Å². The van der Waals surface area contributed by atoms with Crippen LogP contribution in [0.3, 0.4) is 0 Å². The highest BCUT2D eigenvalue weighted by molar-refractivity contribution is 6.10. The first-order chi connectivity index (χ1) is 7.97. The maximum absolute atomic E-state index is 13.3. The topological polar surface area (TPSA) is 38.4 Å². The Bertz CT molecular complexity index is 465. The first kappa shape index (κ1) is 13.3. The molecule has 0 fully saturated rings. The molecule has 0 radical (unpaired) electrons. The molecule has 2 nitrogen and oxygen atoms in total. The Balaban J connectivity index is 3.33. The summed E-state index contributed by atoms with van der Waals surface area (Å²) >= 11 is 0. The summed E-state index contributed by atoms with van der Waals surface area (Å²) in [5, 5.41) is 0.